The third-order valence-corrected chi connectivity index (χ3v) is 2.05. The molecule has 0 spiro atoms. The maximum absolute atomic E-state index is 9.47. The molecule has 3 unspecified atom stereocenters. The standard InChI is InChI=1S/C10H15NO2/c1-7(12)10(13)9(11)8-5-3-2-4-6-8/h2-7,9-10,12-13H,11H2,1H3. The first-order chi connectivity index (χ1) is 6.13. The Morgan fingerprint density at radius 3 is 2.15 bits per heavy atom. The van der Waals surface area contributed by atoms with Crippen molar-refractivity contribution >= 4 is 0 Å². The molecule has 0 amide bonds. The smallest absolute Gasteiger partial charge is 0.0988 e. The number of nitrogens with two attached hydrogens (primary N) is 1. The summed E-state index contributed by atoms with van der Waals surface area (Å²) in [6, 6.07) is 8.71. The lowest BCUT2D eigenvalue weighted by Gasteiger charge is -2.21. The zero-order valence-electron chi connectivity index (χ0n) is 7.59. The first kappa shape index (κ1) is 10.2. The Balaban J connectivity index is 2.73. The summed E-state index contributed by atoms with van der Waals surface area (Å²) in [5.74, 6) is 0. The van der Waals surface area contributed by atoms with E-state index in [-0.39, 0.29) is 0 Å². The van der Waals surface area contributed by atoms with Crippen molar-refractivity contribution in [1.29, 1.82) is 0 Å². The van der Waals surface area contributed by atoms with Gasteiger partial charge in [-0.05, 0) is 12.5 Å². The quantitative estimate of drug-likeness (QED) is 0.633. The summed E-state index contributed by atoms with van der Waals surface area (Å²) in [5.41, 5.74) is 6.56. The van der Waals surface area contributed by atoms with Gasteiger partial charge in [-0.25, -0.2) is 0 Å². The minimum atomic E-state index is -0.914. The highest BCUT2D eigenvalue weighted by atomic mass is 16.3. The molecule has 72 valence electrons. The van der Waals surface area contributed by atoms with Crippen molar-refractivity contribution in [3.63, 3.8) is 0 Å². The van der Waals surface area contributed by atoms with Crippen LogP contribution >= 0.6 is 0 Å². The predicted octanol–water partition coefficient (Wildman–Crippen LogP) is 0.428. The summed E-state index contributed by atoms with van der Waals surface area (Å²) in [6.07, 6.45) is -1.72. The lowest BCUT2D eigenvalue weighted by atomic mass is 9.99. The van der Waals surface area contributed by atoms with E-state index in [1.54, 1.807) is 0 Å². The molecule has 0 bridgehead atoms. The van der Waals surface area contributed by atoms with Crippen molar-refractivity contribution < 1.29 is 10.2 Å². The summed E-state index contributed by atoms with van der Waals surface area (Å²) in [5, 5.41) is 18.6. The van der Waals surface area contributed by atoms with Gasteiger partial charge >= 0.3 is 0 Å². The maximum atomic E-state index is 9.47. The van der Waals surface area contributed by atoms with E-state index in [1.165, 1.54) is 6.92 Å². The molecule has 1 rings (SSSR count). The topological polar surface area (TPSA) is 66.5 Å². The van der Waals surface area contributed by atoms with Crippen LogP contribution in [-0.2, 0) is 0 Å². The highest BCUT2D eigenvalue weighted by molar-refractivity contribution is 5.19. The maximum Gasteiger partial charge on any atom is 0.0988 e. The van der Waals surface area contributed by atoms with Crippen LogP contribution in [0.2, 0.25) is 0 Å². The molecule has 0 saturated carbocycles. The van der Waals surface area contributed by atoms with Gasteiger partial charge in [-0.15, -0.1) is 0 Å². The second-order valence-electron chi connectivity index (χ2n) is 3.17. The van der Waals surface area contributed by atoms with Crippen molar-refractivity contribution in [3.8, 4) is 0 Å². The van der Waals surface area contributed by atoms with Crippen LogP contribution in [0.1, 0.15) is 18.5 Å². The van der Waals surface area contributed by atoms with Gasteiger partial charge in [0, 0.05) is 0 Å². The molecule has 1 aromatic carbocycles. The fourth-order valence-electron chi connectivity index (χ4n) is 1.17. The van der Waals surface area contributed by atoms with E-state index in [4.69, 9.17) is 10.8 Å². The number of aliphatic hydroxyl groups excluding tert-OH is 2. The van der Waals surface area contributed by atoms with E-state index in [9.17, 15) is 5.11 Å². The number of benzene rings is 1. The summed E-state index contributed by atoms with van der Waals surface area (Å²) in [4.78, 5) is 0. The molecule has 3 nitrogen and oxygen atoms in total. The third kappa shape index (κ3) is 2.52. The van der Waals surface area contributed by atoms with Gasteiger partial charge in [-0.1, -0.05) is 30.3 Å². The molecule has 3 atom stereocenters. The SMILES string of the molecule is CC(O)C(O)C(N)c1ccccc1. The molecular formula is C10H15NO2. The molecule has 0 saturated heterocycles. The molecule has 0 radical (unpaired) electrons. The number of aliphatic hydroxyl groups is 2. The molecule has 3 heteroatoms. The first-order valence-corrected chi connectivity index (χ1v) is 4.29. The summed E-state index contributed by atoms with van der Waals surface area (Å²) >= 11 is 0. The molecule has 0 aliphatic heterocycles. The normalized spacial score (nSPS) is 17.8. The molecule has 4 N–H and O–H groups in total. The molecule has 0 aliphatic rings. The van der Waals surface area contributed by atoms with Crippen LogP contribution in [0, 0.1) is 0 Å². The van der Waals surface area contributed by atoms with E-state index in [0.29, 0.717) is 0 Å². The largest absolute Gasteiger partial charge is 0.391 e. The Hall–Kier alpha value is -0.900. The molecule has 0 fully saturated rings. The molecule has 0 aliphatic carbocycles. The average molecular weight is 181 g/mol. The zero-order valence-corrected chi connectivity index (χ0v) is 7.59. The molecule has 0 heterocycles. The van der Waals surface area contributed by atoms with Gasteiger partial charge in [0.25, 0.3) is 0 Å². The number of hydrogen-bond acceptors (Lipinski definition) is 3. The van der Waals surface area contributed by atoms with E-state index in [0.717, 1.165) is 5.56 Å². The summed E-state index contributed by atoms with van der Waals surface area (Å²) < 4.78 is 0. The number of rotatable bonds is 3. The highest BCUT2D eigenvalue weighted by Gasteiger charge is 2.20. The monoisotopic (exact) mass is 181 g/mol. The Labute approximate surface area is 77.8 Å². The van der Waals surface area contributed by atoms with Crippen molar-refractivity contribution in [1.82, 2.24) is 0 Å². The minimum Gasteiger partial charge on any atom is -0.391 e. The van der Waals surface area contributed by atoms with Crippen molar-refractivity contribution in [2.45, 2.75) is 25.2 Å². The van der Waals surface area contributed by atoms with Crippen LogP contribution < -0.4 is 5.73 Å². The van der Waals surface area contributed by atoms with Crippen LogP contribution in [0.5, 0.6) is 0 Å². The first-order valence-electron chi connectivity index (χ1n) is 4.29. The van der Waals surface area contributed by atoms with E-state index < -0.39 is 18.2 Å². The Bertz CT molecular complexity index is 248. The van der Waals surface area contributed by atoms with E-state index >= 15 is 0 Å². The fraction of sp³-hybridized carbons (Fsp3) is 0.400. The Morgan fingerprint density at radius 2 is 1.69 bits per heavy atom. The van der Waals surface area contributed by atoms with Gasteiger partial charge in [0.1, 0.15) is 0 Å². The lowest BCUT2D eigenvalue weighted by molar-refractivity contribution is 0.0147. The zero-order chi connectivity index (χ0) is 9.84. The van der Waals surface area contributed by atoms with Crippen LogP contribution in [0.4, 0.5) is 0 Å². The van der Waals surface area contributed by atoms with Crippen LogP contribution in [0.15, 0.2) is 30.3 Å². The third-order valence-electron chi connectivity index (χ3n) is 2.05. The van der Waals surface area contributed by atoms with Gasteiger partial charge < -0.3 is 15.9 Å². The Kier molecular flexibility index (Phi) is 3.42. The van der Waals surface area contributed by atoms with Crippen LogP contribution in [0.25, 0.3) is 0 Å². The lowest BCUT2D eigenvalue weighted by Crippen LogP contribution is -2.34. The molecule has 0 aromatic heterocycles. The second-order valence-corrected chi connectivity index (χ2v) is 3.17. The van der Waals surface area contributed by atoms with E-state index in [1.807, 2.05) is 30.3 Å². The minimum absolute atomic E-state index is 0.527. The highest BCUT2D eigenvalue weighted by Crippen LogP contribution is 2.15. The van der Waals surface area contributed by atoms with Gasteiger partial charge in [0.15, 0.2) is 0 Å². The average Bonchev–Trinajstić information content (AvgIpc) is 2.17. The number of hydrogen-bond donors (Lipinski definition) is 3. The van der Waals surface area contributed by atoms with Gasteiger partial charge in [0.2, 0.25) is 0 Å². The van der Waals surface area contributed by atoms with Crippen LogP contribution in [0.3, 0.4) is 0 Å². The summed E-state index contributed by atoms with van der Waals surface area (Å²) in [6.45, 7) is 1.52. The molecular weight excluding hydrogens is 166 g/mol. The Morgan fingerprint density at radius 1 is 1.15 bits per heavy atom. The van der Waals surface area contributed by atoms with Gasteiger partial charge in [0.05, 0.1) is 18.2 Å². The van der Waals surface area contributed by atoms with Gasteiger partial charge in [-0.3, -0.25) is 0 Å². The van der Waals surface area contributed by atoms with Gasteiger partial charge in [-0.2, -0.15) is 0 Å². The second kappa shape index (κ2) is 4.37. The summed E-state index contributed by atoms with van der Waals surface area (Å²) in [7, 11) is 0. The molecule has 13 heavy (non-hydrogen) atoms. The molecule has 1 aromatic rings. The van der Waals surface area contributed by atoms with Crippen LogP contribution in [-0.4, -0.2) is 22.4 Å². The fourth-order valence-corrected chi connectivity index (χ4v) is 1.17. The van der Waals surface area contributed by atoms with Crippen molar-refractivity contribution in [2.75, 3.05) is 0 Å². The van der Waals surface area contributed by atoms with Crippen molar-refractivity contribution in [3.05, 3.63) is 35.9 Å². The predicted molar refractivity (Wildman–Crippen MR) is 51.1 cm³/mol. The van der Waals surface area contributed by atoms with E-state index in [2.05, 4.69) is 0 Å². The van der Waals surface area contributed by atoms with Crippen molar-refractivity contribution in [2.24, 2.45) is 5.73 Å².